The minimum Gasteiger partial charge on any atom is -0.443 e. The highest BCUT2D eigenvalue weighted by Crippen LogP contribution is 2.29. The number of nitrogens with one attached hydrogen (secondary N) is 1. The van der Waals surface area contributed by atoms with Crippen LogP contribution in [-0.4, -0.2) is 16.6 Å². The van der Waals surface area contributed by atoms with Crippen molar-refractivity contribution in [3.8, 4) is 11.8 Å². The van der Waals surface area contributed by atoms with Crippen LogP contribution >= 0.6 is 0 Å². The normalized spacial score (nSPS) is 16.7. The fourth-order valence-electron chi connectivity index (χ4n) is 2.87. The second-order valence-electron chi connectivity index (χ2n) is 6.59. The van der Waals surface area contributed by atoms with Gasteiger partial charge in [-0.05, 0) is 62.3 Å². The number of fused-ring (bicyclic) bond motifs is 1. The average Bonchev–Trinajstić information content (AvgIpc) is 3.02. The monoisotopic (exact) mass is 323 g/mol. The predicted molar refractivity (Wildman–Crippen MR) is 91.5 cm³/mol. The molecule has 0 unspecified atom stereocenters. The maximum absolute atomic E-state index is 12.4. The number of rotatable bonds is 2. The van der Waals surface area contributed by atoms with Crippen molar-refractivity contribution in [1.29, 1.82) is 0 Å². The molecule has 1 aromatic carbocycles. The Labute approximate surface area is 141 Å². The smallest absolute Gasteiger partial charge is 0.287 e. The molecule has 1 atom stereocenters. The molecule has 3 rings (SSSR count). The standard InChI is InChI=1S/C20H21NO3/c1-20(2,23)13-12-15-10-11-18(24-15)19(22)21-17-9-5-7-14-6-3-4-8-16(14)17/h3-4,6,8,10-11,17,23H,5,7,9H2,1-2H3,(H,21,22)/t17-/m0/s1. The van der Waals surface area contributed by atoms with E-state index < -0.39 is 5.60 Å². The first-order chi connectivity index (χ1) is 11.4. The highest BCUT2D eigenvalue weighted by Gasteiger charge is 2.23. The Bertz CT molecular complexity index is 802. The number of carbonyl (C=O) groups is 1. The van der Waals surface area contributed by atoms with Gasteiger partial charge in [0.2, 0.25) is 0 Å². The fourth-order valence-corrected chi connectivity index (χ4v) is 2.87. The maximum atomic E-state index is 12.4. The number of benzene rings is 1. The molecule has 24 heavy (non-hydrogen) atoms. The van der Waals surface area contributed by atoms with Crippen molar-refractivity contribution in [3.63, 3.8) is 0 Å². The van der Waals surface area contributed by atoms with E-state index in [9.17, 15) is 9.90 Å². The van der Waals surface area contributed by atoms with Gasteiger partial charge < -0.3 is 14.8 Å². The summed E-state index contributed by atoms with van der Waals surface area (Å²) in [4.78, 5) is 12.4. The summed E-state index contributed by atoms with van der Waals surface area (Å²) in [6.07, 6.45) is 3.04. The van der Waals surface area contributed by atoms with Crippen LogP contribution < -0.4 is 5.32 Å². The molecule has 0 aliphatic heterocycles. The van der Waals surface area contributed by atoms with Gasteiger partial charge in [0, 0.05) is 0 Å². The third kappa shape index (κ3) is 3.87. The van der Waals surface area contributed by atoms with Crippen molar-refractivity contribution < 1.29 is 14.3 Å². The minimum atomic E-state index is -1.10. The van der Waals surface area contributed by atoms with Gasteiger partial charge in [-0.25, -0.2) is 0 Å². The van der Waals surface area contributed by atoms with Crippen molar-refractivity contribution in [1.82, 2.24) is 5.32 Å². The summed E-state index contributed by atoms with van der Waals surface area (Å²) in [6.45, 7) is 3.19. The van der Waals surface area contributed by atoms with Crippen molar-refractivity contribution in [2.45, 2.75) is 44.8 Å². The largest absolute Gasteiger partial charge is 0.443 e. The van der Waals surface area contributed by atoms with Gasteiger partial charge in [0.05, 0.1) is 6.04 Å². The summed E-state index contributed by atoms with van der Waals surface area (Å²) in [5.74, 6) is 5.76. The summed E-state index contributed by atoms with van der Waals surface area (Å²) >= 11 is 0. The van der Waals surface area contributed by atoms with E-state index in [1.54, 1.807) is 26.0 Å². The molecule has 0 radical (unpaired) electrons. The molecule has 0 fully saturated rings. The molecule has 1 aliphatic carbocycles. The van der Waals surface area contributed by atoms with Crippen LogP contribution in [0.5, 0.6) is 0 Å². The van der Waals surface area contributed by atoms with Crippen molar-refractivity contribution >= 4 is 5.91 Å². The molecule has 2 aromatic rings. The maximum Gasteiger partial charge on any atom is 0.287 e. The van der Waals surface area contributed by atoms with E-state index in [4.69, 9.17) is 4.42 Å². The van der Waals surface area contributed by atoms with E-state index in [1.165, 1.54) is 11.1 Å². The van der Waals surface area contributed by atoms with Gasteiger partial charge in [-0.2, -0.15) is 0 Å². The molecule has 2 N–H and O–H groups in total. The summed E-state index contributed by atoms with van der Waals surface area (Å²) in [5.41, 5.74) is 1.39. The molecule has 0 saturated carbocycles. The van der Waals surface area contributed by atoms with Crippen LogP contribution in [0.1, 0.15) is 60.2 Å². The first-order valence-corrected chi connectivity index (χ1v) is 8.16. The van der Waals surface area contributed by atoms with Crippen LogP contribution in [0.3, 0.4) is 0 Å². The van der Waals surface area contributed by atoms with Crippen LogP contribution in [0.4, 0.5) is 0 Å². The van der Waals surface area contributed by atoms with Gasteiger partial charge in [-0.15, -0.1) is 0 Å². The number of hydrogen-bond donors (Lipinski definition) is 2. The molecular weight excluding hydrogens is 302 g/mol. The number of hydrogen-bond acceptors (Lipinski definition) is 3. The molecule has 1 amide bonds. The average molecular weight is 323 g/mol. The van der Waals surface area contributed by atoms with E-state index in [0.29, 0.717) is 5.76 Å². The molecule has 0 spiro atoms. The molecule has 4 heteroatoms. The Hall–Kier alpha value is -2.51. The molecule has 0 saturated heterocycles. The van der Waals surface area contributed by atoms with Crippen molar-refractivity contribution in [2.75, 3.05) is 0 Å². The van der Waals surface area contributed by atoms with Crippen molar-refractivity contribution in [2.24, 2.45) is 0 Å². The lowest BCUT2D eigenvalue weighted by atomic mass is 9.88. The highest BCUT2D eigenvalue weighted by atomic mass is 16.3. The molecular formula is C20H21NO3. The molecule has 1 aromatic heterocycles. The van der Waals surface area contributed by atoms with Crippen molar-refractivity contribution in [3.05, 3.63) is 59.0 Å². The Morgan fingerprint density at radius 3 is 2.88 bits per heavy atom. The number of aliphatic hydroxyl groups is 1. The molecule has 1 heterocycles. The third-order valence-corrected chi connectivity index (χ3v) is 4.00. The lowest BCUT2D eigenvalue weighted by molar-refractivity contribution is 0.0904. The third-order valence-electron chi connectivity index (χ3n) is 4.00. The van der Waals surface area contributed by atoms with Gasteiger partial charge >= 0.3 is 0 Å². The Balaban J connectivity index is 1.72. The highest BCUT2D eigenvalue weighted by molar-refractivity contribution is 5.91. The van der Waals surface area contributed by atoms with Crippen LogP contribution in [0.15, 0.2) is 40.8 Å². The number of carbonyl (C=O) groups excluding carboxylic acids is 1. The van der Waals surface area contributed by atoms with Crippen LogP contribution in [0, 0.1) is 11.8 Å². The summed E-state index contributed by atoms with van der Waals surface area (Å²) in [6, 6.07) is 11.5. The lowest BCUT2D eigenvalue weighted by Crippen LogP contribution is -2.30. The Morgan fingerprint density at radius 1 is 1.29 bits per heavy atom. The number of amides is 1. The van der Waals surface area contributed by atoms with E-state index in [-0.39, 0.29) is 17.7 Å². The number of furan rings is 1. The summed E-state index contributed by atoms with van der Waals surface area (Å²) in [7, 11) is 0. The second-order valence-corrected chi connectivity index (χ2v) is 6.59. The van der Waals surface area contributed by atoms with Crippen LogP contribution in [-0.2, 0) is 6.42 Å². The van der Waals surface area contributed by atoms with Gasteiger partial charge in [-0.1, -0.05) is 30.2 Å². The van der Waals surface area contributed by atoms with Crippen LogP contribution in [0.2, 0.25) is 0 Å². The van der Waals surface area contributed by atoms with E-state index in [1.807, 2.05) is 12.1 Å². The first kappa shape index (κ1) is 16.4. The minimum absolute atomic E-state index is 0.0125. The van der Waals surface area contributed by atoms with Gasteiger partial charge in [0.25, 0.3) is 5.91 Å². The van der Waals surface area contributed by atoms with Gasteiger partial charge in [-0.3, -0.25) is 4.79 Å². The lowest BCUT2D eigenvalue weighted by Gasteiger charge is -2.25. The quantitative estimate of drug-likeness (QED) is 0.834. The van der Waals surface area contributed by atoms with E-state index in [0.717, 1.165) is 19.3 Å². The fraction of sp³-hybridized carbons (Fsp3) is 0.350. The molecule has 4 nitrogen and oxygen atoms in total. The molecule has 1 aliphatic rings. The van der Waals surface area contributed by atoms with Crippen LogP contribution in [0.25, 0.3) is 0 Å². The van der Waals surface area contributed by atoms with E-state index >= 15 is 0 Å². The topological polar surface area (TPSA) is 62.5 Å². The molecule has 124 valence electrons. The van der Waals surface area contributed by atoms with E-state index in [2.05, 4.69) is 29.3 Å². The summed E-state index contributed by atoms with van der Waals surface area (Å²) < 4.78 is 5.47. The zero-order chi connectivity index (χ0) is 17.2. The number of aryl methyl sites for hydroxylation is 1. The Kier molecular flexibility index (Phi) is 4.46. The van der Waals surface area contributed by atoms with Gasteiger partial charge in [0.1, 0.15) is 5.60 Å². The predicted octanol–water partition coefficient (Wildman–Crippen LogP) is 3.21. The second kappa shape index (κ2) is 6.54. The molecule has 0 bridgehead atoms. The van der Waals surface area contributed by atoms with Gasteiger partial charge in [0.15, 0.2) is 11.5 Å². The zero-order valence-electron chi connectivity index (χ0n) is 13.9. The Morgan fingerprint density at radius 2 is 2.08 bits per heavy atom. The first-order valence-electron chi connectivity index (χ1n) is 8.16. The summed E-state index contributed by atoms with van der Waals surface area (Å²) in [5, 5.41) is 12.7. The zero-order valence-corrected chi connectivity index (χ0v) is 13.9. The SMILES string of the molecule is CC(C)(O)C#Cc1ccc(C(=O)N[C@H]2CCCc3ccccc32)o1.